The smallest absolute Gasteiger partial charge is 0.0918 e. The van der Waals surface area contributed by atoms with Crippen molar-refractivity contribution in [2.75, 3.05) is 33.2 Å². The zero-order chi connectivity index (χ0) is 17.2. The van der Waals surface area contributed by atoms with Crippen molar-refractivity contribution in [2.24, 2.45) is 0 Å². The van der Waals surface area contributed by atoms with Gasteiger partial charge in [0.05, 0.1) is 6.07 Å². The number of nitrogens with zero attached hydrogens (tertiary/aromatic N) is 3. The summed E-state index contributed by atoms with van der Waals surface area (Å²) in [7, 11) is 2.20. The summed E-state index contributed by atoms with van der Waals surface area (Å²) >= 11 is 0. The van der Waals surface area contributed by atoms with E-state index in [1.165, 1.54) is 22.3 Å². The topological polar surface area (TPSA) is 30.3 Å². The fourth-order valence-electron chi connectivity index (χ4n) is 4.14. The van der Waals surface area contributed by atoms with Crippen LogP contribution in [0.3, 0.4) is 0 Å². The van der Waals surface area contributed by atoms with E-state index in [1.54, 1.807) is 6.08 Å². The van der Waals surface area contributed by atoms with Crippen molar-refractivity contribution in [1.29, 1.82) is 5.26 Å². The Hall–Kier alpha value is -2.41. The quantitative estimate of drug-likeness (QED) is 0.750. The highest BCUT2D eigenvalue weighted by Gasteiger charge is 2.30. The molecule has 3 nitrogen and oxygen atoms in total. The zero-order valence-electron chi connectivity index (χ0n) is 14.7. The molecule has 2 aliphatic rings. The second-order valence-electron chi connectivity index (χ2n) is 6.99. The lowest BCUT2D eigenvalue weighted by Gasteiger charge is -2.38. The van der Waals surface area contributed by atoms with Gasteiger partial charge >= 0.3 is 0 Å². The monoisotopic (exact) mass is 329 g/mol. The minimum atomic E-state index is 0.371. The van der Waals surface area contributed by atoms with Crippen molar-refractivity contribution in [2.45, 2.75) is 12.5 Å². The molecule has 1 fully saturated rings. The van der Waals surface area contributed by atoms with Crippen LogP contribution in [-0.4, -0.2) is 43.0 Å². The number of hydrogen-bond acceptors (Lipinski definition) is 3. The molecule has 1 aliphatic carbocycles. The van der Waals surface area contributed by atoms with E-state index in [-0.39, 0.29) is 0 Å². The second-order valence-corrected chi connectivity index (χ2v) is 6.99. The minimum Gasteiger partial charge on any atom is -0.304 e. The van der Waals surface area contributed by atoms with Gasteiger partial charge in [0.2, 0.25) is 0 Å². The Kier molecular flexibility index (Phi) is 4.40. The van der Waals surface area contributed by atoms with E-state index in [0.29, 0.717) is 6.04 Å². The highest BCUT2D eigenvalue weighted by atomic mass is 15.3. The number of nitriles is 1. The van der Waals surface area contributed by atoms with Crippen LogP contribution in [0.1, 0.15) is 28.3 Å². The first-order chi connectivity index (χ1) is 12.3. The molecule has 0 radical (unpaired) electrons. The number of fused-ring (bicyclic) bond motifs is 2. The van der Waals surface area contributed by atoms with Crippen LogP contribution in [-0.2, 0) is 6.42 Å². The Morgan fingerprint density at radius 2 is 1.64 bits per heavy atom. The number of rotatable bonds is 1. The van der Waals surface area contributed by atoms with Crippen LogP contribution in [0.5, 0.6) is 0 Å². The van der Waals surface area contributed by atoms with Gasteiger partial charge in [-0.2, -0.15) is 5.26 Å². The van der Waals surface area contributed by atoms with E-state index in [0.717, 1.165) is 38.2 Å². The highest BCUT2D eigenvalue weighted by Crippen LogP contribution is 2.40. The number of hydrogen-bond donors (Lipinski definition) is 0. The first-order valence-corrected chi connectivity index (χ1v) is 8.98. The van der Waals surface area contributed by atoms with Gasteiger partial charge < -0.3 is 4.90 Å². The molecule has 0 saturated carbocycles. The van der Waals surface area contributed by atoms with Crippen molar-refractivity contribution in [3.05, 3.63) is 76.9 Å². The number of piperazine rings is 1. The van der Waals surface area contributed by atoms with E-state index in [2.05, 4.69) is 71.4 Å². The zero-order valence-corrected chi connectivity index (χ0v) is 14.7. The summed E-state index contributed by atoms with van der Waals surface area (Å²) in [5, 5.41) is 9.36. The molecule has 3 heteroatoms. The SMILES string of the molecule is CN1CCN(C2Cc3ccccc3/C(=C/C#N)c3ccccc32)CC1. The number of likely N-dealkylation sites (N-methyl/N-ethyl adjacent to an activating group) is 1. The molecule has 0 N–H and O–H groups in total. The third kappa shape index (κ3) is 3.00. The average molecular weight is 329 g/mol. The van der Waals surface area contributed by atoms with E-state index in [9.17, 15) is 5.26 Å². The minimum absolute atomic E-state index is 0.371. The molecule has 25 heavy (non-hydrogen) atoms. The van der Waals surface area contributed by atoms with Gasteiger partial charge in [-0.3, -0.25) is 4.90 Å². The van der Waals surface area contributed by atoms with Crippen molar-refractivity contribution >= 4 is 5.57 Å². The first kappa shape index (κ1) is 16.1. The van der Waals surface area contributed by atoms with Crippen molar-refractivity contribution in [3.8, 4) is 6.07 Å². The van der Waals surface area contributed by atoms with Crippen LogP contribution in [0.2, 0.25) is 0 Å². The molecule has 1 atom stereocenters. The molecule has 1 unspecified atom stereocenters. The summed E-state index contributed by atoms with van der Waals surface area (Å²) < 4.78 is 0. The van der Waals surface area contributed by atoms with E-state index in [4.69, 9.17) is 0 Å². The molecule has 0 amide bonds. The van der Waals surface area contributed by atoms with Gasteiger partial charge in [-0.15, -0.1) is 0 Å². The van der Waals surface area contributed by atoms with Gasteiger partial charge in [0.15, 0.2) is 0 Å². The molecule has 0 spiro atoms. The number of benzene rings is 2. The van der Waals surface area contributed by atoms with Gasteiger partial charge in [0.25, 0.3) is 0 Å². The molecule has 2 aromatic rings. The largest absolute Gasteiger partial charge is 0.304 e. The molecule has 2 aromatic carbocycles. The predicted octanol–water partition coefficient (Wildman–Crippen LogP) is 3.49. The lowest BCUT2D eigenvalue weighted by molar-refractivity contribution is 0.111. The Balaban J connectivity index is 1.86. The van der Waals surface area contributed by atoms with E-state index >= 15 is 0 Å². The van der Waals surface area contributed by atoms with Crippen LogP contribution in [0.25, 0.3) is 5.57 Å². The van der Waals surface area contributed by atoms with E-state index in [1.807, 2.05) is 0 Å². The molecule has 1 heterocycles. The lowest BCUT2D eigenvalue weighted by Crippen LogP contribution is -2.46. The molecular weight excluding hydrogens is 306 g/mol. The third-order valence-electron chi connectivity index (χ3n) is 5.52. The average Bonchev–Trinajstić information content (AvgIpc) is 2.79. The maximum atomic E-state index is 9.36. The molecule has 126 valence electrons. The van der Waals surface area contributed by atoms with Gasteiger partial charge in [0.1, 0.15) is 0 Å². The molecule has 0 bridgehead atoms. The Bertz CT molecular complexity index is 838. The molecular formula is C22H23N3. The van der Waals surface area contributed by atoms with Crippen LogP contribution in [0.4, 0.5) is 0 Å². The molecule has 0 aromatic heterocycles. The summed E-state index contributed by atoms with van der Waals surface area (Å²) in [4.78, 5) is 5.01. The summed E-state index contributed by atoms with van der Waals surface area (Å²) in [5.74, 6) is 0. The van der Waals surface area contributed by atoms with Crippen LogP contribution in [0, 0.1) is 11.3 Å². The van der Waals surface area contributed by atoms with Gasteiger partial charge in [-0.1, -0.05) is 48.5 Å². The Morgan fingerprint density at radius 3 is 2.40 bits per heavy atom. The Morgan fingerprint density at radius 1 is 0.960 bits per heavy atom. The third-order valence-corrected chi connectivity index (χ3v) is 5.52. The maximum Gasteiger partial charge on any atom is 0.0918 e. The Labute approximate surface area is 149 Å². The summed E-state index contributed by atoms with van der Waals surface area (Å²) in [5.41, 5.74) is 6.16. The number of allylic oxidation sites excluding steroid dienone is 1. The molecule has 1 saturated heterocycles. The lowest BCUT2D eigenvalue weighted by atomic mass is 9.93. The van der Waals surface area contributed by atoms with Crippen molar-refractivity contribution in [1.82, 2.24) is 9.80 Å². The van der Waals surface area contributed by atoms with Gasteiger partial charge in [-0.05, 0) is 41.3 Å². The fraction of sp³-hybridized carbons (Fsp3) is 0.318. The summed E-state index contributed by atoms with van der Waals surface area (Å²) in [6, 6.07) is 19.8. The van der Waals surface area contributed by atoms with Crippen molar-refractivity contribution in [3.63, 3.8) is 0 Å². The fourth-order valence-corrected chi connectivity index (χ4v) is 4.14. The van der Waals surface area contributed by atoms with Crippen LogP contribution >= 0.6 is 0 Å². The normalized spacial score (nSPS) is 22.7. The summed E-state index contributed by atoms with van der Waals surface area (Å²) in [6.45, 7) is 4.41. The summed E-state index contributed by atoms with van der Waals surface area (Å²) in [6.07, 6.45) is 2.71. The molecule has 4 rings (SSSR count). The van der Waals surface area contributed by atoms with Crippen LogP contribution < -0.4 is 0 Å². The van der Waals surface area contributed by atoms with Gasteiger partial charge in [-0.25, -0.2) is 0 Å². The standard InChI is InChI=1S/C22H23N3/c1-24-12-14-25(15-13-24)22-16-17-6-2-3-7-18(17)20(10-11-23)19-8-4-5-9-21(19)22/h2-10,22H,12-16H2,1H3/b20-10-. The highest BCUT2D eigenvalue weighted by molar-refractivity contribution is 5.85. The second kappa shape index (κ2) is 6.84. The maximum absolute atomic E-state index is 9.36. The first-order valence-electron chi connectivity index (χ1n) is 8.98. The predicted molar refractivity (Wildman–Crippen MR) is 101 cm³/mol. The molecule has 1 aliphatic heterocycles. The van der Waals surface area contributed by atoms with Crippen LogP contribution in [0.15, 0.2) is 54.6 Å². The van der Waals surface area contributed by atoms with Crippen molar-refractivity contribution < 1.29 is 0 Å². The van der Waals surface area contributed by atoms with Gasteiger partial charge in [0, 0.05) is 38.3 Å². The van der Waals surface area contributed by atoms with E-state index < -0.39 is 0 Å².